The maximum atomic E-state index is 7.35. The van der Waals surface area contributed by atoms with Crippen LogP contribution >= 0.6 is 0 Å². The van der Waals surface area contributed by atoms with Crippen LogP contribution in [0.5, 0.6) is 23.0 Å². The molecule has 6 heteroatoms. The van der Waals surface area contributed by atoms with Crippen molar-refractivity contribution in [3.05, 3.63) is 266 Å². The lowest BCUT2D eigenvalue weighted by Crippen LogP contribution is -2.24. The Bertz CT molecular complexity index is 4250. The van der Waals surface area contributed by atoms with Crippen LogP contribution in [0.4, 0.5) is 22.7 Å². The van der Waals surface area contributed by atoms with E-state index in [0.717, 1.165) is 78.4 Å². The van der Waals surface area contributed by atoms with Crippen LogP contribution in [0.1, 0.15) is 79.0 Å². The summed E-state index contributed by atoms with van der Waals surface area (Å²) >= 11 is 0. The molecule has 2 aromatic heterocycles. The van der Waals surface area contributed by atoms with E-state index in [1.807, 2.05) is 18.3 Å². The molecule has 12 aromatic rings. The van der Waals surface area contributed by atoms with Gasteiger partial charge in [-0.1, -0.05) is 226 Å². The van der Waals surface area contributed by atoms with E-state index in [1.54, 1.807) is 0 Å². The monoisotopic (exact) mass is 1090 g/mol. The highest BCUT2D eigenvalue weighted by molar-refractivity contribution is 6.09. The summed E-state index contributed by atoms with van der Waals surface area (Å²) in [6.07, 6.45) is 1.86. The summed E-state index contributed by atoms with van der Waals surface area (Å²) < 4.78 is 16.5. The normalized spacial score (nSPS) is 12.7. The van der Waals surface area contributed by atoms with Crippen molar-refractivity contribution >= 4 is 44.6 Å². The molecule has 0 amide bonds. The van der Waals surface area contributed by atoms with Crippen LogP contribution in [-0.4, -0.2) is 16.2 Å². The molecule has 0 atom stereocenters. The third-order valence-corrected chi connectivity index (χ3v) is 16.5. The van der Waals surface area contributed by atoms with Crippen molar-refractivity contribution in [1.82, 2.24) is 9.55 Å². The Morgan fingerprint density at radius 2 is 0.857 bits per heavy atom. The van der Waals surface area contributed by atoms with Gasteiger partial charge in [0.05, 0.1) is 28.1 Å². The predicted octanol–water partition coefficient (Wildman–Crippen LogP) is 21.6. The fourth-order valence-corrected chi connectivity index (χ4v) is 11.9. The van der Waals surface area contributed by atoms with Crippen LogP contribution in [-0.2, 0) is 16.2 Å². The van der Waals surface area contributed by atoms with E-state index in [1.165, 1.54) is 44.6 Å². The van der Waals surface area contributed by atoms with Gasteiger partial charge in [0, 0.05) is 63.1 Å². The minimum absolute atomic E-state index is 0.0133. The van der Waals surface area contributed by atoms with Crippen molar-refractivity contribution in [3.63, 3.8) is 0 Å². The molecule has 0 bridgehead atoms. The lowest BCUT2D eigenvalue weighted by Gasteiger charge is -2.27. The van der Waals surface area contributed by atoms with Crippen molar-refractivity contribution < 1.29 is 9.47 Å². The van der Waals surface area contributed by atoms with Gasteiger partial charge in [-0.2, -0.15) is 0 Å². The first-order valence-electron chi connectivity index (χ1n) is 29.3. The Labute approximate surface area is 494 Å². The van der Waals surface area contributed by atoms with Crippen molar-refractivity contribution in [3.8, 4) is 73.3 Å². The number of aromatic nitrogens is 2. The van der Waals surface area contributed by atoms with Gasteiger partial charge in [-0.05, 0) is 116 Å². The maximum absolute atomic E-state index is 7.35. The van der Waals surface area contributed by atoms with Crippen LogP contribution < -0.4 is 19.3 Å². The minimum atomic E-state index is -0.128. The summed E-state index contributed by atoms with van der Waals surface area (Å²) in [5, 5.41) is 2.22. The molecule has 1 aliphatic rings. The summed E-state index contributed by atoms with van der Waals surface area (Å²) in [5.41, 5.74) is 19.1. The number of hydrogen-bond acceptors (Lipinski definition) is 5. The molecule has 0 N–H and O–H groups in total. The van der Waals surface area contributed by atoms with Crippen LogP contribution in [0.15, 0.2) is 249 Å². The molecule has 414 valence electrons. The Morgan fingerprint density at radius 1 is 0.357 bits per heavy atom. The lowest BCUT2D eigenvalue weighted by atomic mass is 9.81. The molecule has 13 rings (SSSR count). The minimum Gasteiger partial charge on any atom is -0.457 e. The second-order valence-electron chi connectivity index (χ2n) is 25.3. The van der Waals surface area contributed by atoms with Gasteiger partial charge in [-0.15, -0.1) is 0 Å². The molecule has 0 fully saturated rings. The van der Waals surface area contributed by atoms with Gasteiger partial charge in [0.25, 0.3) is 0 Å². The number of rotatable bonds is 11. The Hall–Kier alpha value is -9.65. The molecule has 3 heterocycles. The lowest BCUT2D eigenvalue weighted by molar-refractivity contribution is 0.483. The van der Waals surface area contributed by atoms with Gasteiger partial charge < -0.3 is 19.3 Å². The molecule has 0 saturated carbocycles. The van der Waals surface area contributed by atoms with Gasteiger partial charge in [-0.25, -0.2) is 4.98 Å². The van der Waals surface area contributed by atoms with Crippen molar-refractivity contribution in [2.45, 2.75) is 78.6 Å². The number of para-hydroxylation sites is 4. The van der Waals surface area contributed by atoms with E-state index in [0.29, 0.717) is 18.2 Å². The van der Waals surface area contributed by atoms with Gasteiger partial charge in [-0.3, -0.25) is 4.57 Å². The fourth-order valence-electron chi connectivity index (χ4n) is 11.9. The molecule has 0 aliphatic carbocycles. The highest BCUT2D eigenvalue weighted by atomic mass is 16.5. The largest absolute Gasteiger partial charge is 0.457 e. The van der Waals surface area contributed by atoms with E-state index in [-0.39, 0.29) is 16.2 Å². The Balaban J connectivity index is 0.868. The number of ether oxygens (including phenoxy) is 2. The average Bonchev–Trinajstić information content (AvgIpc) is 2.26. The van der Waals surface area contributed by atoms with Crippen LogP contribution in [0.2, 0.25) is 0 Å². The standard InChI is InChI=1S/C78H70N4O2/c1-76(2,3)56-38-34-54(35-39-56)67-46-58(78(7,8)9)47-68(55-36-40-57(41-37-55)77(4,5)6)75(67)84-62-44-45-79-73(50-62)82-69-31-17-16-28-65(69)66-43-42-61(49-72(66)82)83-60-27-20-26-59(48-60)80-51-81(71-33-19-18-32-70(71)80)74-63(52-22-12-10-13-23-52)29-21-30-64(74)53-24-14-11-15-25-53/h10-50H,51H2,1-9H3. The Morgan fingerprint density at radius 3 is 1.45 bits per heavy atom. The van der Waals surface area contributed by atoms with E-state index in [9.17, 15) is 0 Å². The topological polar surface area (TPSA) is 42.8 Å². The van der Waals surface area contributed by atoms with E-state index in [2.05, 4.69) is 307 Å². The SMILES string of the molecule is CC(C)(C)c1ccc(-c2cc(C(C)(C)C)cc(-c3ccc(C(C)(C)C)cc3)c2Oc2ccnc(-n3c4ccccc4c4ccc(Oc5cccc(N6CN(c7c(-c8ccccc8)cccc7-c7ccccc7)c7ccccc76)c5)cc43)c2)cc1. The molecular weight excluding hydrogens is 1020 g/mol. The smallest absolute Gasteiger partial charge is 0.143 e. The van der Waals surface area contributed by atoms with Gasteiger partial charge >= 0.3 is 0 Å². The van der Waals surface area contributed by atoms with E-state index >= 15 is 0 Å². The number of anilines is 4. The summed E-state index contributed by atoms with van der Waals surface area (Å²) in [6, 6.07) is 86.9. The molecule has 10 aromatic carbocycles. The molecule has 84 heavy (non-hydrogen) atoms. The molecule has 0 saturated heterocycles. The van der Waals surface area contributed by atoms with Crippen LogP contribution in [0.3, 0.4) is 0 Å². The van der Waals surface area contributed by atoms with Crippen LogP contribution in [0, 0.1) is 0 Å². The summed E-state index contributed by atoms with van der Waals surface area (Å²) in [4.78, 5) is 9.94. The number of pyridine rings is 1. The van der Waals surface area contributed by atoms with Gasteiger partial charge in [0.15, 0.2) is 0 Å². The molecular formula is C78H70N4O2. The molecule has 1 aliphatic heterocycles. The first-order chi connectivity index (χ1) is 40.5. The predicted molar refractivity (Wildman–Crippen MR) is 351 cm³/mol. The second kappa shape index (κ2) is 21.3. The number of benzene rings is 10. The first-order valence-corrected chi connectivity index (χ1v) is 29.3. The highest BCUT2D eigenvalue weighted by Gasteiger charge is 2.32. The fraction of sp³-hybridized carbons (Fsp3) is 0.167. The van der Waals surface area contributed by atoms with Crippen LogP contribution in [0.25, 0.3) is 72.1 Å². The zero-order valence-corrected chi connectivity index (χ0v) is 49.5. The maximum Gasteiger partial charge on any atom is 0.143 e. The van der Waals surface area contributed by atoms with E-state index in [4.69, 9.17) is 14.5 Å². The van der Waals surface area contributed by atoms with E-state index < -0.39 is 0 Å². The van der Waals surface area contributed by atoms with Crippen molar-refractivity contribution in [2.24, 2.45) is 0 Å². The average molecular weight is 1100 g/mol. The zero-order chi connectivity index (χ0) is 57.9. The number of hydrogen-bond donors (Lipinski definition) is 0. The zero-order valence-electron chi connectivity index (χ0n) is 49.5. The highest BCUT2D eigenvalue weighted by Crippen LogP contribution is 2.51. The summed E-state index contributed by atoms with van der Waals surface area (Å²) in [5.74, 6) is 3.66. The quantitative estimate of drug-likeness (QED) is 0.129. The third kappa shape index (κ3) is 10.3. The summed E-state index contributed by atoms with van der Waals surface area (Å²) in [6.45, 7) is 21.0. The first kappa shape index (κ1) is 53.6. The third-order valence-electron chi connectivity index (χ3n) is 16.5. The Kier molecular flexibility index (Phi) is 13.6. The van der Waals surface area contributed by atoms with Gasteiger partial charge in [0.1, 0.15) is 35.5 Å². The molecule has 0 radical (unpaired) electrons. The van der Waals surface area contributed by atoms with Gasteiger partial charge in [0.2, 0.25) is 0 Å². The molecule has 6 nitrogen and oxygen atoms in total. The number of fused-ring (bicyclic) bond motifs is 4. The summed E-state index contributed by atoms with van der Waals surface area (Å²) in [7, 11) is 0. The second-order valence-corrected chi connectivity index (χ2v) is 25.3. The van der Waals surface area contributed by atoms with Crippen molar-refractivity contribution in [2.75, 3.05) is 16.5 Å². The molecule has 0 unspecified atom stereocenters. The van der Waals surface area contributed by atoms with Crippen molar-refractivity contribution in [1.29, 1.82) is 0 Å². The number of nitrogens with zero attached hydrogens (tertiary/aromatic N) is 4. The molecule has 0 spiro atoms.